The highest BCUT2D eigenvalue weighted by molar-refractivity contribution is 6.06. The smallest absolute Gasteiger partial charge is 0.380 e. The van der Waals surface area contributed by atoms with Gasteiger partial charge in [-0.05, 0) is 80.3 Å². The van der Waals surface area contributed by atoms with Gasteiger partial charge in [-0.3, -0.25) is 0 Å². The van der Waals surface area contributed by atoms with Crippen molar-refractivity contribution in [1.29, 1.82) is 0 Å². The maximum absolute atomic E-state index is 13.7. The molecule has 0 spiro atoms. The number of aromatic nitrogens is 3. The van der Waals surface area contributed by atoms with Gasteiger partial charge in [-0.25, -0.2) is 18.9 Å². The van der Waals surface area contributed by atoms with Gasteiger partial charge in [-0.2, -0.15) is 5.10 Å². The average Bonchev–Trinajstić information content (AvgIpc) is 3.50. The number of methoxy groups -OCH3 is 1. The van der Waals surface area contributed by atoms with Crippen LogP contribution in [0.25, 0.3) is 11.8 Å². The molecule has 1 atom stereocenters. The van der Waals surface area contributed by atoms with Gasteiger partial charge in [0.2, 0.25) is 0 Å². The number of aryl methyl sites for hydroxylation is 1. The second kappa shape index (κ2) is 9.44. The van der Waals surface area contributed by atoms with Crippen molar-refractivity contribution in [1.82, 2.24) is 19.7 Å². The predicted molar refractivity (Wildman–Crippen MR) is 130 cm³/mol. The number of hydrogen-bond acceptors (Lipinski definition) is 8. The first kappa shape index (κ1) is 23.5. The van der Waals surface area contributed by atoms with Crippen LogP contribution in [0.3, 0.4) is 0 Å². The molecule has 2 aliphatic rings. The molecule has 0 aliphatic carbocycles. The van der Waals surface area contributed by atoms with Crippen LogP contribution in [0.5, 0.6) is 5.75 Å². The Bertz CT molecular complexity index is 1350. The first-order chi connectivity index (χ1) is 17.5. The van der Waals surface area contributed by atoms with Crippen LogP contribution in [0, 0.1) is 12.7 Å². The zero-order valence-corrected chi connectivity index (χ0v) is 20.3. The highest BCUT2D eigenvalue weighted by Gasteiger charge is 2.57. The maximum Gasteiger partial charge on any atom is 0.380 e. The van der Waals surface area contributed by atoms with Gasteiger partial charge in [0, 0.05) is 12.1 Å². The molecular formula is C26H26FN5O4. The Morgan fingerprint density at radius 3 is 2.75 bits per heavy atom. The van der Waals surface area contributed by atoms with Crippen LogP contribution >= 0.6 is 0 Å². The molecule has 0 amide bonds. The molecule has 2 aromatic carbocycles. The molecule has 36 heavy (non-hydrogen) atoms. The molecular weight excluding hydrogens is 465 g/mol. The highest BCUT2D eigenvalue weighted by Crippen LogP contribution is 2.41. The maximum atomic E-state index is 13.7. The molecule has 1 fully saturated rings. The molecule has 186 valence electrons. The van der Waals surface area contributed by atoms with Gasteiger partial charge in [0.15, 0.2) is 5.84 Å². The molecule has 1 saturated heterocycles. The van der Waals surface area contributed by atoms with E-state index in [0.29, 0.717) is 29.5 Å². The van der Waals surface area contributed by atoms with E-state index in [1.807, 2.05) is 31.2 Å². The fourth-order valence-electron chi connectivity index (χ4n) is 4.54. The minimum Gasteiger partial charge on any atom is -0.494 e. The monoisotopic (exact) mass is 491 g/mol. The molecule has 0 N–H and O–H groups in total. The summed E-state index contributed by atoms with van der Waals surface area (Å²) in [5.41, 5.74) is 1.41. The van der Waals surface area contributed by atoms with Crippen LogP contribution in [0.15, 0.2) is 59.5 Å². The van der Waals surface area contributed by atoms with Gasteiger partial charge >= 0.3 is 11.7 Å². The van der Waals surface area contributed by atoms with Crippen molar-refractivity contribution < 1.29 is 23.5 Å². The lowest BCUT2D eigenvalue weighted by molar-refractivity contribution is -0.189. The summed E-state index contributed by atoms with van der Waals surface area (Å²) in [6.07, 6.45) is 5.15. The summed E-state index contributed by atoms with van der Waals surface area (Å²) in [6.45, 7) is 4.25. The van der Waals surface area contributed by atoms with Crippen LogP contribution in [0.2, 0.25) is 0 Å². The predicted octanol–water partition coefficient (Wildman–Crippen LogP) is 3.96. The van der Waals surface area contributed by atoms with Gasteiger partial charge in [0.25, 0.3) is 0 Å². The first-order valence-corrected chi connectivity index (χ1v) is 11.7. The third kappa shape index (κ3) is 3.98. The quantitative estimate of drug-likeness (QED) is 0.482. The zero-order chi connectivity index (χ0) is 25.3. The lowest BCUT2D eigenvalue weighted by atomic mass is 9.94. The van der Waals surface area contributed by atoms with E-state index in [2.05, 4.69) is 15.2 Å². The minimum atomic E-state index is -1.61. The number of benzene rings is 2. The topological polar surface area (TPSA) is 91.1 Å². The number of halogens is 1. The number of amidine groups is 1. The number of carbonyl (C=O) groups excluding carboxylic acids is 1. The Kier molecular flexibility index (Phi) is 6.17. The Labute approximate surface area is 207 Å². The average molecular weight is 492 g/mol. The molecule has 9 nitrogen and oxygen atoms in total. The normalized spacial score (nSPS) is 20.1. The number of piperidine rings is 1. The number of oxime groups is 1. The molecule has 1 unspecified atom stereocenters. The summed E-state index contributed by atoms with van der Waals surface area (Å²) >= 11 is 0. The molecule has 10 heteroatoms. The summed E-state index contributed by atoms with van der Waals surface area (Å²) in [7, 11) is 1.60. The number of fused-ring (bicyclic) bond motifs is 1. The molecule has 0 radical (unpaired) electrons. The fourth-order valence-corrected chi connectivity index (χ4v) is 4.54. The number of hydrogen-bond donors (Lipinski definition) is 0. The third-order valence-corrected chi connectivity index (χ3v) is 6.20. The number of esters is 1. The standard InChI is InChI=1S/C26H26FN5O4/c1-4-35-25(33)26(20-8-10-21(27)11-9-20)31-13-5-6-19(24(31)30-36-26)14-18-7-12-22(23(15-18)34-3)32-16-28-17(2)29-32/h7-12,14-16H,4-6,13H2,1-3H3/b19-14-. The van der Waals surface area contributed by atoms with Gasteiger partial charge in [-0.1, -0.05) is 11.2 Å². The van der Waals surface area contributed by atoms with Crippen LogP contribution in [-0.2, 0) is 20.1 Å². The Morgan fingerprint density at radius 2 is 2.06 bits per heavy atom. The summed E-state index contributed by atoms with van der Waals surface area (Å²) < 4.78 is 26.3. The van der Waals surface area contributed by atoms with Crippen molar-refractivity contribution >= 4 is 17.9 Å². The van der Waals surface area contributed by atoms with E-state index >= 15 is 0 Å². The van der Waals surface area contributed by atoms with Gasteiger partial charge in [-0.15, -0.1) is 0 Å². The van der Waals surface area contributed by atoms with Crippen molar-refractivity contribution in [2.75, 3.05) is 20.3 Å². The number of ether oxygens (including phenoxy) is 2. The lowest BCUT2D eigenvalue weighted by Gasteiger charge is -2.37. The van der Waals surface area contributed by atoms with E-state index in [1.54, 1.807) is 29.9 Å². The molecule has 3 aromatic rings. The Hall–Kier alpha value is -4.21. The minimum absolute atomic E-state index is 0.175. The summed E-state index contributed by atoms with van der Waals surface area (Å²) in [5, 5.41) is 8.69. The molecule has 5 rings (SSSR count). The number of rotatable bonds is 6. The van der Waals surface area contributed by atoms with E-state index in [0.717, 1.165) is 29.7 Å². The highest BCUT2D eigenvalue weighted by atomic mass is 19.1. The second-order valence-corrected chi connectivity index (χ2v) is 8.47. The van der Waals surface area contributed by atoms with E-state index < -0.39 is 17.5 Å². The van der Waals surface area contributed by atoms with Crippen molar-refractivity contribution in [3.8, 4) is 11.4 Å². The van der Waals surface area contributed by atoms with Crippen molar-refractivity contribution in [3.63, 3.8) is 0 Å². The molecule has 0 bridgehead atoms. The lowest BCUT2D eigenvalue weighted by Crippen LogP contribution is -2.54. The Balaban J connectivity index is 1.50. The summed E-state index contributed by atoms with van der Waals surface area (Å²) in [4.78, 5) is 25.1. The van der Waals surface area contributed by atoms with Gasteiger partial charge < -0.3 is 19.2 Å². The van der Waals surface area contributed by atoms with E-state index in [1.165, 1.54) is 24.3 Å². The van der Waals surface area contributed by atoms with E-state index in [-0.39, 0.29) is 6.61 Å². The first-order valence-electron chi connectivity index (χ1n) is 11.7. The van der Waals surface area contributed by atoms with Crippen LogP contribution < -0.4 is 4.74 Å². The van der Waals surface area contributed by atoms with Crippen LogP contribution in [0.1, 0.15) is 36.7 Å². The van der Waals surface area contributed by atoms with Crippen LogP contribution in [-0.4, -0.2) is 51.7 Å². The molecule has 1 aromatic heterocycles. The fraction of sp³-hybridized carbons (Fsp3) is 0.308. The van der Waals surface area contributed by atoms with E-state index in [4.69, 9.17) is 14.3 Å². The van der Waals surface area contributed by atoms with Gasteiger partial charge in [0.05, 0.1) is 13.7 Å². The van der Waals surface area contributed by atoms with Crippen LogP contribution in [0.4, 0.5) is 4.39 Å². The number of nitrogens with zero attached hydrogens (tertiary/aromatic N) is 5. The van der Waals surface area contributed by atoms with E-state index in [9.17, 15) is 9.18 Å². The SMILES string of the molecule is CCOC(=O)C1(c2ccc(F)cc2)ON=C2/C(=C\c3ccc(-n4cnc(C)n4)c(OC)c3)CCCN21. The number of carbonyl (C=O) groups is 1. The molecule has 3 heterocycles. The summed E-state index contributed by atoms with van der Waals surface area (Å²) in [5.74, 6) is 0.851. The van der Waals surface area contributed by atoms with Gasteiger partial charge in [0.1, 0.15) is 29.4 Å². The molecule has 2 aliphatic heterocycles. The summed E-state index contributed by atoms with van der Waals surface area (Å²) in [6, 6.07) is 11.4. The van der Waals surface area contributed by atoms with Crippen molar-refractivity contribution in [2.24, 2.45) is 5.16 Å². The third-order valence-electron chi connectivity index (χ3n) is 6.20. The molecule has 0 saturated carbocycles. The largest absolute Gasteiger partial charge is 0.494 e. The van der Waals surface area contributed by atoms with Crippen molar-refractivity contribution in [3.05, 3.63) is 77.1 Å². The second-order valence-electron chi connectivity index (χ2n) is 8.47. The zero-order valence-electron chi connectivity index (χ0n) is 20.3. The van der Waals surface area contributed by atoms with Crippen molar-refractivity contribution in [2.45, 2.75) is 32.4 Å². The Morgan fingerprint density at radius 1 is 1.25 bits per heavy atom.